The summed E-state index contributed by atoms with van der Waals surface area (Å²) in [5.41, 5.74) is 1.01. The Morgan fingerprint density at radius 3 is 3.13 bits per heavy atom. The minimum Gasteiger partial charge on any atom is -0.255 e. The van der Waals surface area contributed by atoms with Crippen LogP contribution >= 0.6 is 11.3 Å². The summed E-state index contributed by atoms with van der Waals surface area (Å²) in [6.07, 6.45) is 2.64. The molecule has 1 N–H and O–H groups in total. The van der Waals surface area contributed by atoms with Gasteiger partial charge in [-0.25, -0.2) is 9.98 Å². The standard InChI is InChI=1S/C9H11N5S/c1-3-6(2)11-9-12-7(13-14-9)8-10-4-5-15-8/h4-5H,3H2,1-2H3,(H,12,13,14). The van der Waals surface area contributed by atoms with E-state index in [2.05, 4.69) is 25.2 Å². The number of H-pyrrole nitrogens is 1. The molecule has 0 fully saturated rings. The SMILES string of the molecule is CCC(C)=Nc1n[nH]c(-c2nccs2)n1. The van der Waals surface area contributed by atoms with Crippen LogP contribution in [0.3, 0.4) is 0 Å². The Labute approximate surface area is 91.3 Å². The van der Waals surface area contributed by atoms with Crippen LogP contribution in [0.25, 0.3) is 10.8 Å². The molecule has 0 saturated heterocycles. The van der Waals surface area contributed by atoms with Gasteiger partial charge in [-0.3, -0.25) is 5.10 Å². The summed E-state index contributed by atoms with van der Waals surface area (Å²) >= 11 is 1.52. The van der Waals surface area contributed by atoms with Crippen molar-refractivity contribution >= 4 is 23.0 Å². The molecule has 2 rings (SSSR count). The number of rotatable bonds is 3. The summed E-state index contributed by atoms with van der Waals surface area (Å²) in [7, 11) is 0. The number of aromatic nitrogens is 4. The predicted molar refractivity (Wildman–Crippen MR) is 60.6 cm³/mol. The molecule has 2 aromatic heterocycles. The van der Waals surface area contributed by atoms with Gasteiger partial charge in [0.15, 0.2) is 10.8 Å². The van der Waals surface area contributed by atoms with E-state index < -0.39 is 0 Å². The lowest BCUT2D eigenvalue weighted by atomic mass is 10.3. The number of hydrogen-bond acceptors (Lipinski definition) is 5. The zero-order valence-electron chi connectivity index (χ0n) is 8.56. The third-order valence-corrected chi connectivity index (χ3v) is 2.69. The number of aromatic amines is 1. The van der Waals surface area contributed by atoms with Crippen molar-refractivity contribution in [1.82, 2.24) is 20.2 Å². The normalized spacial score (nSPS) is 12.0. The lowest BCUT2D eigenvalue weighted by molar-refractivity contribution is 1.08. The van der Waals surface area contributed by atoms with E-state index in [0.29, 0.717) is 11.8 Å². The van der Waals surface area contributed by atoms with Crippen LogP contribution in [0.5, 0.6) is 0 Å². The summed E-state index contributed by atoms with van der Waals surface area (Å²) in [6.45, 7) is 4.01. The third-order valence-electron chi connectivity index (χ3n) is 1.91. The van der Waals surface area contributed by atoms with Crippen LogP contribution in [0.4, 0.5) is 5.95 Å². The molecule has 0 unspecified atom stereocenters. The number of hydrogen-bond donors (Lipinski definition) is 1. The van der Waals surface area contributed by atoms with Crippen molar-refractivity contribution in [1.29, 1.82) is 0 Å². The molecule has 0 amide bonds. The molecule has 0 spiro atoms. The highest BCUT2D eigenvalue weighted by molar-refractivity contribution is 7.12. The smallest absolute Gasteiger partial charge is 0.255 e. The van der Waals surface area contributed by atoms with E-state index in [4.69, 9.17) is 0 Å². The average molecular weight is 221 g/mol. The maximum Gasteiger partial charge on any atom is 0.268 e. The largest absolute Gasteiger partial charge is 0.268 e. The molecule has 0 atom stereocenters. The van der Waals surface area contributed by atoms with Gasteiger partial charge in [0, 0.05) is 17.3 Å². The molecule has 0 radical (unpaired) electrons. The van der Waals surface area contributed by atoms with Gasteiger partial charge in [-0.1, -0.05) is 6.92 Å². The fraction of sp³-hybridized carbons (Fsp3) is 0.333. The Bertz CT molecular complexity index is 457. The van der Waals surface area contributed by atoms with Gasteiger partial charge in [0.2, 0.25) is 0 Å². The monoisotopic (exact) mass is 221 g/mol. The molecule has 0 bridgehead atoms. The maximum atomic E-state index is 4.25. The van der Waals surface area contributed by atoms with E-state index in [1.54, 1.807) is 6.20 Å². The van der Waals surface area contributed by atoms with Crippen LogP contribution in [0, 0.1) is 0 Å². The van der Waals surface area contributed by atoms with Gasteiger partial charge in [-0.05, 0) is 13.3 Å². The molecule has 2 aromatic rings. The predicted octanol–water partition coefficient (Wildman–Crippen LogP) is 2.43. The Morgan fingerprint density at radius 1 is 1.60 bits per heavy atom. The summed E-state index contributed by atoms with van der Waals surface area (Å²) in [5, 5.41) is 9.55. The zero-order chi connectivity index (χ0) is 10.7. The molecular weight excluding hydrogens is 210 g/mol. The van der Waals surface area contributed by atoms with Crippen molar-refractivity contribution in [3.63, 3.8) is 0 Å². The lowest BCUT2D eigenvalue weighted by Crippen LogP contribution is -1.85. The summed E-state index contributed by atoms with van der Waals surface area (Å²) in [4.78, 5) is 12.6. The average Bonchev–Trinajstić information content (AvgIpc) is 2.85. The van der Waals surface area contributed by atoms with Crippen LogP contribution in [0.2, 0.25) is 0 Å². The van der Waals surface area contributed by atoms with Crippen LogP contribution in [-0.4, -0.2) is 25.9 Å². The van der Waals surface area contributed by atoms with Gasteiger partial charge >= 0.3 is 0 Å². The molecule has 2 heterocycles. The fourth-order valence-corrected chi connectivity index (χ4v) is 1.56. The minimum atomic E-state index is 0.472. The van der Waals surface area contributed by atoms with E-state index in [9.17, 15) is 0 Å². The molecule has 0 aliphatic carbocycles. The molecule has 78 valence electrons. The summed E-state index contributed by atoms with van der Waals surface area (Å²) in [5.74, 6) is 1.15. The lowest BCUT2D eigenvalue weighted by Gasteiger charge is -1.88. The van der Waals surface area contributed by atoms with Crippen LogP contribution in [0.1, 0.15) is 20.3 Å². The first-order chi connectivity index (χ1) is 7.29. The van der Waals surface area contributed by atoms with Crippen molar-refractivity contribution in [2.45, 2.75) is 20.3 Å². The highest BCUT2D eigenvalue weighted by Gasteiger charge is 2.06. The Morgan fingerprint density at radius 2 is 2.47 bits per heavy atom. The first-order valence-electron chi connectivity index (χ1n) is 4.66. The molecule has 5 nitrogen and oxygen atoms in total. The van der Waals surface area contributed by atoms with E-state index in [1.165, 1.54) is 11.3 Å². The molecular formula is C9H11N5S. The van der Waals surface area contributed by atoms with Crippen LogP contribution in [0.15, 0.2) is 16.6 Å². The minimum absolute atomic E-state index is 0.472. The van der Waals surface area contributed by atoms with Crippen LogP contribution < -0.4 is 0 Å². The highest BCUT2D eigenvalue weighted by atomic mass is 32.1. The van der Waals surface area contributed by atoms with Crippen LogP contribution in [-0.2, 0) is 0 Å². The zero-order valence-corrected chi connectivity index (χ0v) is 9.38. The van der Waals surface area contributed by atoms with Gasteiger partial charge in [-0.2, -0.15) is 4.98 Å². The van der Waals surface area contributed by atoms with Gasteiger partial charge < -0.3 is 0 Å². The quantitative estimate of drug-likeness (QED) is 0.809. The van der Waals surface area contributed by atoms with E-state index in [1.807, 2.05) is 19.2 Å². The molecule has 0 aliphatic heterocycles. The highest BCUT2D eigenvalue weighted by Crippen LogP contribution is 2.18. The number of nitrogens with one attached hydrogen (secondary N) is 1. The second kappa shape index (κ2) is 4.31. The van der Waals surface area contributed by atoms with E-state index in [0.717, 1.165) is 17.1 Å². The van der Waals surface area contributed by atoms with Gasteiger partial charge in [-0.15, -0.1) is 16.4 Å². The Balaban J connectivity index is 2.25. The van der Waals surface area contributed by atoms with Gasteiger partial charge in [0.05, 0.1) is 0 Å². The Kier molecular flexibility index (Phi) is 2.86. The molecule has 0 saturated carbocycles. The van der Waals surface area contributed by atoms with Crippen molar-refractivity contribution < 1.29 is 0 Å². The Hall–Kier alpha value is -1.56. The van der Waals surface area contributed by atoms with Crippen molar-refractivity contribution in [3.8, 4) is 10.8 Å². The molecule has 0 aromatic carbocycles. The van der Waals surface area contributed by atoms with Gasteiger partial charge in [0.25, 0.3) is 5.95 Å². The molecule has 0 aliphatic rings. The maximum absolute atomic E-state index is 4.25. The third kappa shape index (κ3) is 2.27. The van der Waals surface area contributed by atoms with Crippen molar-refractivity contribution in [3.05, 3.63) is 11.6 Å². The number of nitrogens with zero attached hydrogens (tertiary/aromatic N) is 4. The van der Waals surface area contributed by atoms with Crippen molar-refractivity contribution in [2.24, 2.45) is 4.99 Å². The summed E-state index contributed by atoms with van der Waals surface area (Å²) in [6, 6.07) is 0. The second-order valence-corrected chi connectivity index (χ2v) is 3.92. The van der Waals surface area contributed by atoms with E-state index >= 15 is 0 Å². The summed E-state index contributed by atoms with van der Waals surface area (Å²) < 4.78 is 0. The van der Waals surface area contributed by atoms with Gasteiger partial charge in [0.1, 0.15) is 0 Å². The first kappa shape index (κ1) is 9.97. The number of aliphatic imine (C=N–C) groups is 1. The molecule has 15 heavy (non-hydrogen) atoms. The number of thiazole rings is 1. The van der Waals surface area contributed by atoms with Crippen molar-refractivity contribution in [2.75, 3.05) is 0 Å². The van der Waals surface area contributed by atoms with E-state index in [-0.39, 0.29) is 0 Å². The second-order valence-electron chi connectivity index (χ2n) is 3.02. The topological polar surface area (TPSA) is 66.8 Å². The fourth-order valence-electron chi connectivity index (χ4n) is 0.989. The first-order valence-corrected chi connectivity index (χ1v) is 5.54. The molecule has 6 heteroatoms.